The summed E-state index contributed by atoms with van der Waals surface area (Å²) in [5.74, 6) is 1.87. The molecule has 100 valence electrons. The van der Waals surface area contributed by atoms with E-state index in [4.69, 9.17) is 9.47 Å². The topological polar surface area (TPSA) is 21.7 Å². The molecule has 0 amide bonds. The van der Waals surface area contributed by atoms with Crippen LogP contribution in [0.5, 0.6) is 0 Å². The van der Waals surface area contributed by atoms with Crippen molar-refractivity contribution in [2.75, 3.05) is 33.4 Å². The summed E-state index contributed by atoms with van der Waals surface area (Å²) < 4.78 is 10.9. The predicted octanol–water partition coefficient (Wildman–Crippen LogP) is 2.51. The Labute approximate surface area is 105 Å². The van der Waals surface area contributed by atoms with Crippen molar-refractivity contribution in [3.8, 4) is 0 Å². The quantitative estimate of drug-likeness (QED) is 0.738. The van der Waals surface area contributed by atoms with Crippen LogP contribution in [-0.4, -0.2) is 44.5 Å². The lowest BCUT2D eigenvalue weighted by atomic mass is 9.83. The lowest BCUT2D eigenvalue weighted by Gasteiger charge is -2.30. The van der Waals surface area contributed by atoms with Crippen LogP contribution >= 0.6 is 0 Å². The molecule has 1 saturated heterocycles. The van der Waals surface area contributed by atoms with Crippen LogP contribution in [0.1, 0.15) is 39.0 Å². The molecule has 0 N–H and O–H groups in total. The van der Waals surface area contributed by atoms with Gasteiger partial charge in [-0.25, -0.2) is 0 Å². The van der Waals surface area contributed by atoms with Gasteiger partial charge in [0.05, 0.1) is 13.2 Å². The SMILES string of the molecule is CC1CCC(CN(C)CCC2OCCO2)CC1. The van der Waals surface area contributed by atoms with Gasteiger partial charge in [0.15, 0.2) is 6.29 Å². The minimum Gasteiger partial charge on any atom is -0.350 e. The average Bonchev–Trinajstić information content (AvgIpc) is 2.83. The second-order valence-electron chi connectivity index (χ2n) is 5.85. The summed E-state index contributed by atoms with van der Waals surface area (Å²) in [4.78, 5) is 2.45. The predicted molar refractivity (Wildman–Crippen MR) is 68.9 cm³/mol. The van der Waals surface area contributed by atoms with Crippen molar-refractivity contribution in [3.05, 3.63) is 0 Å². The van der Waals surface area contributed by atoms with Crippen molar-refractivity contribution in [3.63, 3.8) is 0 Å². The van der Waals surface area contributed by atoms with Gasteiger partial charge in [0.1, 0.15) is 0 Å². The summed E-state index contributed by atoms with van der Waals surface area (Å²) in [5.41, 5.74) is 0. The van der Waals surface area contributed by atoms with Gasteiger partial charge < -0.3 is 14.4 Å². The second-order valence-corrected chi connectivity index (χ2v) is 5.85. The molecular weight excluding hydrogens is 214 g/mol. The van der Waals surface area contributed by atoms with E-state index in [1.165, 1.54) is 32.2 Å². The summed E-state index contributed by atoms with van der Waals surface area (Å²) >= 11 is 0. The number of rotatable bonds is 5. The largest absolute Gasteiger partial charge is 0.350 e. The van der Waals surface area contributed by atoms with Crippen LogP contribution < -0.4 is 0 Å². The molecule has 3 nitrogen and oxygen atoms in total. The van der Waals surface area contributed by atoms with Gasteiger partial charge in [-0.05, 0) is 31.7 Å². The minimum atomic E-state index is 0.0591. The number of hydrogen-bond acceptors (Lipinski definition) is 3. The van der Waals surface area contributed by atoms with Crippen LogP contribution in [-0.2, 0) is 9.47 Å². The van der Waals surface area contributed by atoms with Crippen molar-refractivity contribution < 1.29 is 9.47 Å². The zero-order valence-corrected chi connectivity index (χ0v) is 11.4. The van der Waals surface area contributed by atoms with Gasteiger partial charge in [0.2, 0.25) is 0 Å². The molecule has 0 spiro atoms. The van der Waals surface area contributed by atoms with E-state index in [1.54, 1.807) is 0 Å². The van der Waals surface area contributed by atoms with Crippen LogP contribution in [0.2, 0.25) is 0 Å². The molecule has 17 heavy (non-hydrogen) atoms. The molecule has 1 heterocycles. The highest BCUT2D eigenvalue weighted by atomic mass is 16.7. The summed E-state index contributed by atoms with van der Waals surface area (Å²) in [5, 5.41) is 0. The summed E-state index contributed by atoms with van der Waals surface area (Å²) in [6, 6.07) is 0. The Kier molecular flexibility index (Phi) is 5.26. The van der Waals surface area contributed by atoms with Crippen molar-refractivity contribution in [2.24, 2.45) is 11.8 Å². The first-order valence-electron chi connectivity index (χ1n) is 7.16. The molecule has 2 fully saturated rings. The van der Waals surface area contributed by atoms with Gasteiger partial charge in [-0.3, -0.25) is 0 Å². The van der Waals surface area contributed by atoms with E-state index in [1.807, 2.05) is 0 Å². The van der Waals surface area contributed by atoms with E-state index in [0.717, 1.165) is 38.0 Å². The zero-order chi connectivity index (χ0) is 12.1. The maximum atomic E-state index is 5.46. The summed E-state index contributed by atoms with van der Waals surface area (Å²) in [7, 11) is 2.23. The summed E-state index contributed by atoms with van der Waals surface area (Å²) in [6.45, 7) is 6.27. The molecule has 0 aromatic heterocycles. The Bertz CT molecular complexity index is 208. The molecule has 1 aliphatic heterocycles. The monoisotopic (exact) mass is 241 g/mol. The lowest BCUT2D eigenvalue weighted by Crippen LogP contribution is -2.30. The number of hydrogen-bond donors (Lipinski definition) is 0. The molecule has 0 bridgehead atoms. The van der Waals surface area contributed by atoms with Crippen LogP contribution in [0, 0.1) is 11.8 Å². The molecule has 0 aromatic rings. The van der Waals surface area contributed by atoms with Crippen LogP contribution in [0.4, 0.5) is 0 Å². The molecule has 0 atom stereocenters. The second kappa shape index (κ2) is 6.72. The van der Waals surface area contributed by atoms with Gasteiger partial charge in [0.25, 0.3) is 0 Å². The van der Waals surface area contributed by atoms with Gasteiger partial charge in [-0.1, -0.05) is 19.8 Å². The zero-order valence-electron chi connectivity index (χ0n) is 11.4. The van der Waals surface area contributed by atoms with Gasteiger partial charge >= 0.3 is 0 Å². The maximum absolute atomic E-state index is 5.46. The van der Waals surface area contributed by atoms with E-state index in [9.17, 15) is 0 Å². The average molecular weight is 241 g/mol. The highest BCUT2D eigenvalue weighted by Crippen LogP contribution is 2.28. The fraction of sp³-hybridized carbons (Fsp3) is 1.00. The lowest BCUT2D eigenvalue weighted by molar-refractivity contribution is -0.0511. The minimum absolute atomic E-state index is 0.0591. The molecule has 0 radical (unpaired) electrons. The molecule has 0 unspecified atom stereocenters. The van der Waals surface area contributed by atoms with Crippen molar-refractivity contribution in [1.29, 1.82) is 0 Å². The Hall–Kier alpha value is -0.120. The van der Waals surface area contributed by atoms with E-state index < -0.39 is 0 Å². The fourth-order valence-corrected chi connectivity index (χ4v) is 2.94. The molecule has 0 aromatic carbocycles. The van der Waals surface area contributed by atoms with Gasteiger partial charge in [-0.2, -0.15) is 0 Å². The Morgan fingerprint density at radius 2 is 1.71 bits per heavy atom. The van der Waals surface area contributed by atoms with Crippen LogP contribution in [0.3, 0.4) is 0 Å². The molecule has 3 heteroatoms. The summed E-state index contributed by atoms with van der Waals surface area (Å²) in [6.07, 6.45) is 6.76. The Balaban J connectivity index is 1.58. The third kappa shape index (κ3) is 4.57. The normalized spacial score (nSPS) is 31.2. The number of nitrogens with zero attached hydrogens (tertiary/aromatic N) is 1. The highest BCUT2D eigenvalue weighted by Gasteiger charge is 2.20. The van der Waals surface area contributed by atoms with Gasteiger partial charge in [-0.15, -0.1) is 0 Å². The molecule has 1 aliphatic carbocycles. The standard InChI is InChI=1S/C14H27NO2/c1-12-3-5-13(6-4-12)11-15(2)8-7-14-16-9-10-17-14/h12-14H,3-11H2,1-2H3. The third-order valence-electron chi connectivity index (χ3n) is 4.14. The Morgan fingerprint density at radius 3 is 2.35 bits per heavy atom. The van der Waals surface area contributed by atoms with E-state index in [2.05, 4.69) is 18.9 Å². The Morgan fingerprint density at radius 1 is 1.06 bits per heavy atom. The van der Waals surface area contributed by atoms with E-state index >= 15 is 0 Å². The highest BCUT2D eigenvalue weighted by molar-refractivity contribution is 4.72. The molecule has 1 saturated carbocycles. The fourth-order valence-electron chi connectivity index (χ4n) is 2.94. The van der Waals surface area contributed by atoms with Gasteiger partial charge in [0, 0.05) is 19.5 Å². The first-order chi connectivity index (χ1) is 8.24. The third-order valence-corrected chi connectivity index (χ3v) is 4.14. The smallest absolute Gasteiger partial charge is 0.159 e. The van der Waals surface area contributed by atoms with Crippen LogP contribution in [0.25, 0.3) is 0 Å². The van der Waals surface area contributed by atoms with Crippen molar-refractivity contribution >= 4 is 0 Å². The first-order valence-corrected chi connectivity index (χ1v) is 7.16. The first kappa shape index (κ1) is 13.3. The van der Waals surface area contributed by atoms with Crippen molar-refractivity contribution in [1.82, 2.24) is 4.90 Å². The van der Waals surface area contributed by atoms with E-state index in [0.29, 0.717) is 0 Å². The van der Waals surface area contributed by atoms with E-state index in [-0.39, 0.29) is 6.29 Å². The number of ether oxygens (including phenoxy) is 2. The molecule has 2 rings (SSSR count). The molecule has 2 aliphatic rings. The molecular formula is C14H27NO2. The maximum Gasteiger partial charge on any atom is 0.159 e. The van der Waals surface area contributed by atoms with Crippen molar-refractivity contribution in [2.45, 2.75) is 45.3 Å². The van der Waals surface area contributed by atoms with Crippen LogP contribution in [0.15, 0.2) is 0 Å².